The first kappa shape index (κ1) is 20.4. The Bertz CT molecular complexity index is 750. The maximum atomic E-state index is 10.1. The third-order valence-electron chi connectivity index (χ3n) is 5.35. The van der Waals surface area contributed by atoms with Crippen molar-refractivity contribution in [1.29, 1.82) is 0 Å². The summed E-state index contributed by atoms with van der Waals surface area (Å²) in [6.07, 6.45) is 11.8. The Morgan fingerprint density at radius 1 is 1.04 bits per heavy atom. The molecule has 1 aromatic rings. The molecule has 0 spiro atoms. The highest BCUT2D eigenvalue weighted by Gasteiger charge is 2.24. The predicted octanol–water partition coefficient (Wildman–Crippen LogP) is 2.46. The van der Waals surface area contributed by atoms with Gasteiger partial charge in [-0.15, -0.1) is 0 Å². The van der Waals surface area contributed by atoms with E-state index >= 15 is 0 Å². The Hall–Kier alpha value is -2.31. The Balaban J connectivity index is 1.59. The molecule has 1 unspecified atom stereocenters. The highest BCUT2D eigenvalue weighted by atomic mass is 16.3. The Morgan fingerprint density at radius 3 is 2.39 bits per heavy atom. The summed E-state index contributed by atoms with van der Waals surface area (Å²) in [5.74, 6) is 0.977. The van der Waals surface area contributed by atoms with Crippen LogP contribution in [-0.2, 0) is 5.60 Å². The number of hydrogen-bond donors (Lipinski definition) is 1. The predicted molar refractivity (Wildman–Crippen MR) is 117 cm³/mol. The summed E-state index contributed by atoms with van der Waals surface area (Å²) in [5, 5.41) is 10.1. The first-order valence-corrected chi connectivity index (χ1v) is 9.98. The van der Waals surface area contributed by atoms with Crippen molar-refractivity contribution in [3.8, 4) is 0 Å². The van der Waals surface area contributed by atoms with Gasteiger partial charge < -0.3 is 10.0 Å². The molecule has 6 heteroatoms. The van der Waals surface area contributed by atoms with Crippen molar-refractivity contribution in [1.82, 2.24) is 9.88 Å². The number of hydrogen-bond acceptors (Lipinski definition) is 6. The summed E-state index contributed by atoms with van der Waals surface area (Å²) in [6, 6.07) is 4.33. The molecule has 0 saturated carbocycles. The van der Waals surface area contributed by atoms with Crippen LogP contribution in [0.5, 0.6) is 0 Å². The molecule has 28 heavy (non-hydrogen) atoms. The maximum Gasteiger partial charge on any atom is 0.128 e. The number of aliphatic hydroxyl groups is 1. The minimum absolute atomic E-state index is 0.350. The van der Waals surface area contributed by atoms with E-state index in [-0.39, 0.29) is 0 Å². The van der Waals surface area contributed by atoms with Gasteiger partial charge in [-0.3, -0.25) is 14.9 Å². The van der Waals surface area contributed by atoms with Crippen LogP contribution in [-0.4, -0.2) is 72.7 Å². The molecule has 0 radical (unpaired) electrons. The molecule has 1 N–H and O–H groups in total. The van der Waals surface area contributed by atoms with E-state index < -0.39 is 5.60 Å². The van der Waals surface area contributed by atoms with E-state index in [9.17, 15) is 5.11 Å². The second kappa shape index (κ2) is 9.26. The fourth-order valence-electron chi connectivity index (χ4n) is 3.49. The zero-order valence-electron chi connectivity index (χ0n) is 17.1. The van der Waals surface area contributed by atoms with Crippen molar-refractivity contribution >= 4 is 18.2 Å². The van der Waals surface area contributed by atoms with E-state index in [0.717, 1.165) is 37.6 Å². The molecule has 1 aromatic heterocycles. The quantitative estimate of drug-likeness (QED) is 0.870. The van der Waals surface area contributed by atoms with E-state index in [4.69, 9.17) is 0 Å². The van der Waals surface area contributed by atoms with Gasteiger partial charge in [0.2, 0.25) is 0 Å². The summed E-state index contributed by atoms with van der Waals surface area (Å²) in [7, 11) is 0. The number of aromatic nitrogens is 1. The van der Waals surface area contributed by atoms with Gasteiger partial charge in [-0.05, 0) is 32.4 Å². The number of nitrogens with zero attached hydrogens (tertiary/aromatic N) is 5. The lowest BCUT2D eigenvalue weighted by Gasteiger charge is -2.39. The van der Waals surface area contributed by atoms with Crippen LogP contribution in [0.4, 0.5) is 5.82 Å². The average molecular weight is 382 g/mol. The van der Waals surface area contributed by atoms with Gasteiger partial charge in [0, 0.05) is 56.4 Å². The minimum atomic E-state index is -0.855. The fraction of sp³-hybridized carbons (Fsp3) is 0.500. The molecule has 1 atom stereocenters. The Labute approximate surface area is 168 Å². The fourth-order valence-corrected chi connectivity index (χ4v) is 3.49. The third-order valence-corrected chi connectivity index (χ3v) is 5.35. The zero-order valence-corrected chi connectivity index (χ0v) is 17.1. The molecule has 1 fully saturated rings. The SMILES string of the molecule is CC(C1=C/C/N=C\C=N/C/C=C\1)N1CCN(c2ccc(C(C)(C)O)cn2)CC1. The van der Waals surface area contributed by atoms with E-state index in [2.05, 4.69) is 49.9 Å². The van der Waals surface area contributed by atoms with Crippen molar-refractivity contribution in [2.45, 2.75) is 32.4 Å². The van der Waals surface area contributed by atoms with Gasteiger partial charge in [0.15, 0.2) is 0 Å². The number of anilines is 1. The molecular weight excluding hydrogens is 350 g/mol. The van der Waals surface area contributed by atoms with Crippen LogP contribution in [0.3, 0.4) is 0 Å². The van der Waals surface area contributed by atoms with Gasteiger partial charge in [0.05, 0.1) is 18.7 Å². The molecule has 3 rings (SSSR count). The van der Waals surface area contributed by atoms with E-state index in [0.29, 0.717) is 19.1 Å². The van der Waals surface area contributed by atoms with Crippen LogP contribution in [0.25, 0.3) is 0 Å². The largest absolute Gasteiger partial charge is 0.386 e. The number of aliphatic imine (C=N–C) groups is 2. The number of piperazine rings is 1. The standard InChI is InChI=1S/C22H31N5O/c1-18(19-5-4-9-23-11-12-24-10-8-19)26-13-15-27(16-14-26)21-7-6-20(17-25-21)22(2,3)28/h4-8,11-12,17-18,28H,9-10,13-16H2,1-3H3/b5-4-,19-8+,23-11-,24-12-. The third kappa shape index (κ3) is 5.36. The lowest BCUT2D eigenvalue weighted by molar-refractivity contribution is 0.0782. The summed E-state index contributed by atoms with van der Waals surface area (Å²) in [5.41, 5.74) is 1.28. The second-order valence-electron chi connectivity index (χ2n) is 7.80. The number of pyridine rings is 1. The Kier molecular flexibility index (Phi) is 6.75. The summed E-state index contributed by atoms with van der Waals surface area (Å²) in [6.45, 7) is 11.1. The van der Waals surface area contributed by atoms with Crippen molar-refractivity contribution < 1.29 is 5.11 Å². The Morgan fingerprint density at radius 2 is 1.75 bits per heavy atom. The summed E-state index contributed by atoms with van der Waals surface area (Å²) < 4.78 is 0. The first-order chi connectivity index (χ1) is 13.4. The first-order valence-electron chi connectivity index (χ1n) is 9.98. The molecule has 150 valence electrons. The highest BCUT2D eigenvalue weighted by molar-refractivity contribution is 6.16. The monoisotopic (exact) mass is 381 g/mol. The molecule has 6 nitrogen and oxygen atoms in total. The molecule has 1 saturated heterocycles. The molecule has 0 aromatic carbocycles. The molecular formula is C22H31N5O. The maximum absolute atomic E-state index is 10.1. The molecule has 0 amide bonds. The highest BCUT2D eigenvalue weighted by Crippen LogP contribution is 2.22. The summed E-state index contributed by atoms with van der Waals surface area (Å²) >= 11 is 0. The number of rotatable bonds is 4. The van der Waals surface area contributed by atoms with Gasteiger partial charge in [-0.2, -0.15) is 0 Å². The van der Waals surface area contributed by atoms with Crippen molar-refractivity contribution in [2.75, 3.05) is 44.2 Å². The van der Waals surface area contributed by atoms with Crippen LogP contribution in [0.2, 0.25) is 0 Å². The lowest BCUT2D eigenvalue weighted by atomic mass is 10.0. The van der Waals surface area contributed by atoms with Gasteiger partial charge in [0.25, 0.3) is 0 Å². The molecule has 0 bridgehead atoms. The lowest BCUT2D eigenvalue weighted by Crippen LogP contribution is -2.50. The van der Waals surface area contributed by atoms with Crippen molar-refractivity contribution in [3.63, 3.8) is 0 Å². The van der Waals surface area contributed by atoms with Crippen LogP contribution < -0.4 is 4.90 Å². The van der Waals surface area contributed by atoms with Crippen LogP contribution in [0.15, 0.2) is 52.1 Å². The van der Waals surface area contributed by atoms with Gasteiger partial charge in [0.1, 0.15) is 5.82 Å². The van der Waals surface area contributed by atoms with Crippen molar-refractivity contribution in [3.05, 3.63) is 47.7 Å². The smallest absolute Gasteiger partial charge is 0.128 e. The molecule has 2 aliphatic heterocycles. The van der Waals surface area contributed by atoms with E-state index in [1.54, 1.807) is 32.5 Å². The normalized spacial score (nSPS) is 25.4. The van der Waals surface area contributed by atoms with Gasteiger partial charge in [-0.25, -0.2) is 4.98 Å². The van der Waals surface area contributed by atoms with E-state index in [1.807, 2.05) is 12.1 Å². The molecule has 2 aliphatic rings. The summed E-state index contributed by atoms with van der Waals surface area (Å²) in [4.78, 5) is 18.0. The van der Waals surface area contributed by atoms with E-state index in [1.165, 1.54) is 5.57 Å². The topological polar surface area (TPSA) is 64.3 Å². The molecule has 3 heterocycles. The van der Waals surface area contributed by atoms with Crippen molar-refractivity contribution in [2.24, 2.45) is 9.98 Å². The van der Waals surface area contributed by atoms with Crippen LogP contribution in [0.1, 0.15) is 26.3 Å². The minimum Gasteiger partial charge on any atom is -0.386 e. The van der Waals surface area contributed by atoms with Gasteiger partial charge >= 0.3 is 0 Å². The van der Waals surface area contributed by atoms with Gasteiger partial charge in [-0.1, -0.05) is 24.3 Å². The molecule has 0 aliphatic carbocycles. The van der Waals surface area contributed by atoms with Crippen LogP contribution in [0, 0.1) is 0 Å². The zero-order chi connectivity index (χ0) is 20.0. The second-order valence-corrected chi connectivity index (χ2v) is 7.80. The average Bonchev–Trinajstić information content (AvgIpc) is 2.71. The van der Waals surface area contributed by atoms with Crippen LogP contribution >= 0.6 is 0 Å².